The van der Waals surface area contributed by atoms with Crippen LogP contribution in [-0.4, -0.2) is 35.6 Å². The fourth-order valence-electron chi connectivity index (χ4n) is 2.48. The number of amides is 2. The van der Waals surface area contributed by atoms with Crippen molar-refractivity contribution in [3.63, 3.8) is 0 Å². The van der Waals surface area contributed by atoms with Gasteiger partial charge in [0, 0.05) is 19.3 Å². The highest BCUT2D eigenvalue weighted by Crippen LogP contribution is 2.15. The molecule has 0 spiro atoms. The van der Waals surface area contributed by atoms with Crippen LogP contribution in [0.15, 0.2) is 60.7 Å². The minimum atomic E-state index is -0.505. The fourth-order valence-corrected chi connectivity index (χ4v) is 3.36. The van der Waals surface area contributed by atoms with Crippen molar-refractivity contribution in [2.75, 3.05) is 12.8 Å². The van der Waals surface area contributed by atoms with Crippen molar-refractivity contribution < 1.29 is 9.59 Å². The number of carbonyl (C=O) groups is 2. The first-order valence-electron chi connectivity index (χ1n) is 8.28. The smallest absolute Gasteiger partial charge is 0.242 e. The van der Waals surface area contributed by atoms with Crippen LogP contribution in [0.5, 0.6) is 0 Å². The molecule has 0 aromatic heterocycles. The SMILES string of the molecule is CNC(=O)C(C)N(Cc1ccccc1)C(=O)CSCc1ccccc1. The van der Waals surface area contributed by atoms with Crippen LogP contribution < -0.4 is 5.32 Å². The van der Waals surface area contributed by atoms with Crippen LogP contribution in [0, 0.1) is 0 Å². The van der Waals surface area contributed by atoms with E-state index in [-0.39, 0.29) is 11.8 Å². The molecule has 0 aliphatic rings. The normalized spacial score (nSPS) is 11.6. The zero-order valence-electron chi connectivity index (χ0n) is 14.6. The van der Waals surface area contributed by atoms with Gasteiger partial charge in [-0.25, -0.2) is 0 Å². The van der Waals surface area contributed by atoms with Crippen LogP contribution >= 0.6 is 11.8 Å². The van der Waals surface area contributed by atoms with Gasteiger partial charge in [0.2, 0.25) is 11.8 Å². The Balaban J connectivity index is 2.00. The molecule has 4 nitrogen and oxygen atoms in total. The van der Waals surface area contributed by atoms with E-state index < -0.39 is 6.04 Å². The lowest BCUT2D eigenvalue weighted by atomic mass is 10.1. The first kappa shape index (κ1) is 19.1. The van der Waals surface area contributed by atoms with Gasteiger partial charge < -0.3 is 10.2 Å². The topological polar surface area (TPSA) is 49.4 Å². The molecule has 2 aromatic rings. The first-order valence-corrected chi connectivity index (χ1v) is 9.44. The van der Waals surface area contributed by atoms with Crippen LogP contribution in [0.3, 0.4) is 0 Å². The van der Waals surface area contributed by atoms with Crippen LogP contribution in [0.25, 0.3) is 0 Å². The molecule has 1 N–H and O–H groups in total. The van der Waals surface area contributed by atoms with Gasteiger partial charge in [0.1, 0.15) is 6.04 Å². The Labute approximate surface area is 153 Å². The van der Waals surface area contributed by atoms with Crippen molar-refractivity contribution >= 4 is 23.6 Å². The lowest BCUT2D eigenvalue weighted by Gasteiger charge is -2.28. The fraction of sp³-hybridized carbons (Fsp3) is 0.300. The number of nitrogens with one attached hydrogen (secondary N) is 1. The number of rotatable bonds is 8. The molecule has 1 unspecified atom stereocenters. The summed E-state index contributed by atoms with van der Waals surface area (Å²) in [6.45, 7) is 2.20. The van der Waals surface area contributed by atoms with E-state index >= 15 is 0 Å². The van der Waals surface area contributed by atoms with Crippen molar-refractivity contribution in [2.45, 2.75) is 25.3 Å². The molecule has 0 fully saturated rings. The van der Waals surface area contributed by atoms with Gasteiger partial charge in [-0.2, -0.15) is 0 Å². The molecule has 25 heavy (non-hydrogen) atoms. The van der Waals surface area contributed by atoms with Gasteiger partial charge in [-0.1, -0.05) is 60.7 Å². The number of hydrogen-bond acceptors (Lipinski definition) is 3. The van der Waals surface area contributed by atoms with Crippen molar-refractivity contribution in [2.24, 2.45) is 0 Å². The average molecular weight is 356 g/mol. The Hall–Kier alpha value is -2.27. The van der Waals surface area contributed by atoms with Crippen LogP contribution in [0.2, 0.25) is 0 Å². The molecule has 0 saturated carbocycles. The van der Waals surface area contributed by atoms with E-state index in [1.54, 1.807) is 30.6 Å². The van der Waals surface area contributed by atoms with Crippen molar-refractivity contribution in [3.05, 3.63) is 71.8 Å². The largest absolute Gasteiger partial charge is 0.357 e. The van der Waals surface area contributed by atoms with Gasteiger partial charge in [-0.15, -0.1) is 11.8 Å². The van der Waals surface area contributed by atoms with Crippen LogP contribution in [0.1, 0.15) is 18.1 Å². The van der Waals surface area contributed by atoms with Crippen molar-refractivity contribution in [1.29, 1.82) is 0 Å². The summed E-state index contributed by atoms with van der Waals surface area (Å²) in [4.78, 5) is 26.4. The number of benzene rings is 2. The molecule has 5 heteroatoms. The average Bonchev–Trinajstić information content (AvgIpc) is 2.66. The molecule has 2 rings (SSSR count). The Morgan fingerprint density at radius 3 is 2.12 bits per heavy atom. The van der Waals surface area contributed by atoms with E-state index in [0.29, 0.717) is 12.3 Å². The summed E-state index contributed by atoms with van der Waals surface area (Å²) in [5.41, 5.74) is 2.20. The number of nitrogens with zero attached hydrogens (tertiary/aromatic N) is 1. The molecule has 0 bridgehead atoms. The second kappa shape index (κ2) is 9.89. The molecule has 0 aliphatic heterocycles. The standard InChI is InChI=1S/C20H24N2O2S/c1-16(20(24)21-2)22(13-17-9-5-3-6-10-17)19(23)15-25-14-18-11-7-4-8-12-18/h3-12,16H,13-15H2,1-2H3,(H,21,24). The van der Waals surface area contributed by atoms with E-state index in [0.717, 1.165) is 11.3 Å². The van der Waals surface area contributed by atoms with Gasteiger partial charge in [0.15, 0.2) is 0 Å². The molecule has 0 saturated heterocycles. The van der Waals surface area contributed by atoms with E-state index in [1.165, 1.54) is 5.56 Å². The van der Waals surface area contributed by atoms with Gasteiger partial charge in [-0.05, 0) is 18.1 Å². The second-order valence-electron chi connectivity index (χ2n) is 5.78. The minimum absolute atomic E-state index is 0.0270. The molecule has 2 aromatic carbocycles. The maximum Gasteiger partial charge on any atom is 0.242 e. The molecule has 132 valence electrons. The zero-order valence-corrected chi connectivity index (χ0v) is 15.5. The molecule has 2 amide bonds. The third-order valence-corrected chi connectivity index (χ3v) is 4.94. The summed E-state index contributed by atoms with van der Waals surface area (Å²) in [7, 11) is 1.59. The lowest BCUT2D eigenvalue weighted by molar-refractivity contribution is -0.138. The predicted octanol–water partition coefficient (Wildman–Crippen LogP) is 3.08. The van der Waals surface area contributed by atoms with Gasteiger partial charge in [0.25, 0.3) is 0 Å². The van der Waals surface area contributed by atoms with Crippen LogP contribution in [0.4, 0.5) is 0 Å². The summed E-state index contributed by atoms with van der Waals surface area (Å²) in [6.07, 6.45) is 0. The van der Waals surface area contributed by atoms with Crippen molar-refractivity contribution in [3.8, 4) is 0 Å². The van der Waals surface area contributed by atoms with E-state index in [2.05, 4.69) is 5.32 Å². The quantitative estimate of drug-likeness (QED) is 0.791. The minimum Gasteiger partial charge on any atom is -0.357 e. The third-order valence-electron chi connectivity index (χ3n) is 3.95. The highest BCUT2D eigenvalue weighted by Gasteiger charge is 2.25. The number of hydrogen-bond donors (Lipinski definition) is 1. The molecule has 0 radical (unpaired) electrons. The highest BCUT2D eigenvalue weighted by atomic mass is 32.2. The third kappa shape index (κ3) is 5.94. The van der Waals surface area contributed by atoms with Crippen LogP contribution in [-0.2, 0) is 21.9 Å². The second-order valence-corrected chi connectivity index (χ2v) is 6.76. The summed E-state index contributed by atoms with van der Waals surface area (Å²) in [6, 6.07) is 19.3. The van der Waals surface area contributed by atoms with Crippen molar-refractivity contribution in [1.82, 2.24) is 10.2 Å². The molecular weight excluding hydrogens is 332 g/mol. The molecular formula is C20H24N2O2S. The summed E-state index contributed by atoms with van der Waals surface area (Å²) in [5, 5.41) is 2.63. The molecule has 1 atom stereocenters. The highest BCUT2D eigenvalue weighted by molar-refractivity contribution is 7.99. The Morgan fingerprint density at radius 1 is 1.00 bits per heavy atom. The van der Waals surface area contributed by atoms with Gasteiger partial charge >= 0.3 is 0 Å². The number of thioether (sulfide) groups is 1. The Bertz CT molecular complexity index is 677. The summed E-state index contributed by atoms with van der Waals surface area (Å²) in [5.74, 6) is 0.946. The van der Waals surface area contributed by atoms with Gasteiger partial charge in [-0.3, -0.25) is 9.59 Å². The monoisotopic (exact) mass is 356 g/mol. The summed E-state index contributed by atoms with van der Waals surface area (Å²) >= 11 is 1.57. The lowest BCUT2D eigenvalue weighted by Crippen LogP contribution is -2.47. The van der Waals surface area contributed by atoms with Gasteiger partial charge in [0.05, 0.1) is 5.75 Å². The number of carbonyl (C=O) groups excluding carboxylic acids is 2. The van der Waals surface area contributed by atoms with E-state index in [9.17, 15) is 9.59 Å². The Kier molecular flexibility index (Phi) is 7.54. The zero-order chi connectivity index (χ0) is 18.1. The predicted molar refractivity (Wildman–Crippen MR) is 103 cm³/mol. The Morgan fingerprint density at radius 2 is 1.56 bits per heavy atom. The summed E-state index contributed by atoms with van der Waals surface area (Å²) < 4.78 is 0. The maximum absolute atomic E-state index is 12.7. The maximum atomic E-state index is 12.7. The molecule has 0 heterocycles. The first-order chi connectivity index (χ1) is 12.1. The molecule has 0 aliphatic carbocycles. The van der Waals surface area contributed by atoms with E-state index in [4.69, 9.17) is 0 Å². The van der Waals surface area contributed by atoms with E-state index in [1.807, 2.05) is 60.7 Å². The number of likely N-dealkylation sites (N-methyl/N-ethyl adjacent to an activating group) is 1.